The summed E-state index contributed by atoms with van der Waals surface area (Å²) in [6.07, 6.45) is 3.08. The van der Waals surface area contributed by atoms with Crippen LogP contribution in [-0.4, -0.2) is 26.2 Å². The number of carbonyl (C=O) groups excluding carboxylic acids is 1. The van der Waals surface area contributed by atoms with Crippen molar-refractivity contribution in [2.75, 3.05) is 5.32 Å². The molecule has 2 amide bonds. The molecule has 3 rings (SSSR count). The predicted octanol–water partition coefficient (Wildman–Crippen LogP) is 1.96. The van der Waals surface area contributed by atoms with E-state index in [0.29, 0.717) is 11.1 Å². The number of anilines is 1. The van der Waals surface area contributed by atoms with Crippen molar-refractivity contribution in [3.05, 3.63) is 36.0 Å². The molecule has 106 valence electrons. The molecule has 0 unspecified atom stereocenters. The summed E-state index contributed by atoms with van der Waals surface area (Å²) < 4.78 is 14.2. The van der Waals surface area contributed by atoms with Gasteiger partial charge in [-0.05, 0) is 19.1 Å². The lowest BCUT2D eigenvalue weighted by Crippen LogP contribution is -2.20. The fourth-order valence-corrected chi connectivity index (χ4v) is 2.06. The topological polar surface area (TPSA) is 110 Å². The van der Waals surface area contributed by atoms with Crippen molar-refractivity contribution in [3.63, 3.8) is 0 Å². The molecule has 0 saturated heterocycles. The summed E-state index contributed by atoms with van der Waals surface area (Å²) in [5.74, 6) is -0.952. The maximum atomic E-state index is 14.2. The Kier molecular flexibility index (Phi) is 2.98. The number of H-pyrrole nitrogens is 1. The van der Waals surface area contributed by atoms with Crippen LogP contribution in [0.4, 0.5) is 15.0 Å². The van der Waals surface area contributed by atoms with Crippen LogP contribution in [0.1, 0.15) is 5.69 Å². The SMILES string of the molecule is Cc1cc(-c2n[nH]c3c(F)c(NC(N)=O)ncc23)ccn1. The number of hydrogen-bond acceptors (Lipinski definition) is 4. The Labute approximate surface area is 118 Å². The number of halogens is 1. The zero-order valence-electron chi connectivity index (χ0n) is 11.0. The van der Waals surface area contributed by atoms with Gasteiger partial charge in [-0.1, -0.05) is 0 Å². The maximum Gasteiger partial charge on any atom is 0.317 e. The quantitative estimate of drug-likeness (QED) is 0.668. The highest BCUT2D eigenvalue weighted by molar-refractivity contribution is 5.95. The molecule has 3 aromatic heterocycles. The van der Waals surface area contributed by atoms with Gasteiger partial charge in [0.05, 0.1) is 0 Å². The van der Waals surface area contributed by atoms with Crippen LogP contribution in [0, 0.1) is 12.7 Å². The van der Waals surface area contributed by atoms with Crippen molar-refractivity contribution in [1.29, 1.82) is 0 Å². The Morgan fingerprint density at radius 1 is 1.43 bits per heavy atom. The Bertz CT molecular complexity index is 844. The van der Waals surface area contributed by atoms with Crippen molar-refractivity contribution in [2.24, 2.45) is 5.73 Å². The number of urea groups is 1. The first-order valence-electron chi connectivity index (χ1n) is 6.08. The van der Waals surface area contributed by atoms with E-state index >= 15 is 0 Å². The van der Waals surface area contributed by atoms with E-state index in [9.17, 15) is 9.18 Å². The van der Waals surface area contributed by atoms with Crippen LogP contribution in [0.25, 0.3) is 22.2 Å². The lowest BCUT2D eigenvalue weighted by Gasteiger charge is -2.03. The number of aromatic amines is 1. The van der Waals surface area contributed by atoms with Gasteiger partial charge in [-0.25, -0.2) is 14.2 Å². The molecule has 0 fully saturated rings. The molecule has 0 saturated carbocycles. The molecule has 0 aliphatic rings. The molecule has 0 bridgehead atoms. The summed E-state index contributed by atoms with van der Waals surface area (Å²) in [7, 11) is 0. The van der Waals surface area contributed by atoms with E-state index in [-0.39, 0.29) is 11.3 Å². The molecule has 0 spiro atoms. The summed E-state index contributed by atoms with van der Waals surface area (Å²) in [6, 6.07) is 2.73. The lowest BCUT2D eigenvalue weighted by atomic mass is 10.1. The van der Waals surface area contributed by atoms with E-state index in [1.54, 1.807) is 12.3 Å². The largest absolute Gasteiger partial charge is 0.351 e. The molecular formula is C13H11FN6O. The standard InChI is InChI=1S/C13H11FN6O/c1-6-4-7(2-3-16-6)10-8-5-17-12(18-13(15)21)9(14)11(8)20-19-10/h2-5H,1H3,(H,19,20)(H3,15,17,18,21). The number of aromatic nitrogens is 4. The summed E-state index contributed by atoms with van der Waals surface area (Å²) in [6.45, 7) is 1.85. The zero-order valence-corrected chi connectivity index (χ0v) is 11.0. The number of carbonyl (C=O) groups is 1. The summed E-state index contributed by atoms with van der Waals surface area (Å²) >= 11 is 0. The molecule has 0 radical (unpaired) electrons. The van der Waals surface area contributed by atoms with E-state index in [2.05, 4.69) is 25.5 Å². The molecule has 7 nitrogen and oxygen atoms in total. The van der Waals surface area contributed by atoms with Gasteiger partial charge in [0.25, 0.3) is 0 Å². The minimum atomic E-state index is -0.884. The van der Waals surface area contributed by atoms with E-state index in [1.165, 1.54) is 6.20 Å². The van der Waals surface area contributed by atoms with Gasteiger partial charge in [0.15, 0.2) is 11.6 Å². The lowest BCUT2D eigenvalue weighted by molar-refractivity contribution is 0.259. The molecular weight excluding hydrogens is 275 g/mol. The number of nitrogens with one attached hydrogen (secondary N) is 2. The van der Waals surface area contributed by atoms with Crippen LogP contribution in [0.2, 0.25) is 0 Å². The van der Waals surface area contributed by atoms with Crippen LogP contribution in [0.5, 0.6) is 0 Å². The molecule has 0 atom stereocenters. The molecule has 3 aromatic rings. The van der Waals surface area contributed by atoms with Gasteiger partial charge >= 0.3 is 6.03 Å². The minimum absolute atomic E-state index is 0.151. The van der Waals surface area contributed by atoms with Crippen molar-refractivity contribution in [1.82, 2.24) is 20.2 Å². The van der Waals surface area contributed by atoms with E-state index in [4.69, 9.17) is 5.73 Å². The molecule has 0 aliphatic carbocycles. The Hall–Kier alpha value is -3.03. The third-order valence-electron chi connectivity index (χ3n) is 2.97. The van der Waals surface area contributed by atoms with Gasteiger partial charge in [0.1, 0.15) is 11.2 Å². The average Bonchev–Trinajstić information content (AvgIpc) is 2.86. The second-order valence-corrected chi connectivity index (χ2v) is 4.46. The fraction of sp³-hybridized carbons (Fsp3) is 0.0769. The van der Waals surface area contributed by atoms with Crippen LogP contribution in [0.3, 0.4) is 0 Å². The monoisotopic (exact) mass is 286 g/mol. The highest BCUT2D eigenvalue weighted by Crippen LogP contribution is 2.29. The average molecular weight is 286 g/mol. The zero-order chi connectivity index (χ0) is 15.0. The predicted molar refractivity (Wildman–Crippen MR) is 75.0 cm³/mol. The number of aryl methyl sites for hydroxylation is 1. The fourth-order valence-electron chi connectivity index (χ4n) is 2.06. The van der Waals surface area contributed by atoms with Gasteiger partial charge in [0.2, 0.25) is 0 Å². The van der Waals surface area contributed by atoms with Gasteiger partial charge in [-0.15, -0.1) is 0 Å². The number of hydrogen-bond donors (Lipinski definition) is 3. The summed E-state index contributed by atoms with van der Waals surface area (Å²) in [5.41, 5.74) is 7.29. The first-order chi connectivity index (χ1) is 10.1. The van der Waals surface area contributed by atoms with E-state index in [0.717, 1.165) is 11.3 Å². The Morgan fingerprint density at radius 2 is 2.24 bits per heavy atom. The first-order valence-corrected chi connectivity index (χ1v) is 6.08. The molecule has 0 aliphatic heterocycles. The maximum absolute atomic E-state index is 14.2. The second-order valence-electron chi connectivity index (χ2n) is 4.46. The van der Waals surface area contributed by atoms with Crippen molar-refractivity contribution in [3.8, 4) is 11.3 Å². The summed E-state index contributed by atoms with van der Waals surface area (Å²) in [5, 5.41) is 9.35. The molecule has 0 aromatic carbocycles. The van der Waals surface area contributed by atoms with Gasteiger partial charge in [-0.2, -0.15) is 5.10 Å². The van der Waals surface area contributed by atoms with Crippen LogP contribution in [-0.2, 0) is 0 Å². The molecule has 4 N–H and O–H groups in total. The number of rotatable bonds is 2. The Morgan fingerprint density at radius 3 is 2.95 bits per heavy atom. The van der Waals surface area contributed by atoms with Gasteiger partial charge in [-0.3, -0.25) is 15.4 Å². The van der Waals surface area contributed by atoms with Crippen LogP contribution < -0.4 is 11.1 Å². The summed E-state index contributed by atoms with van der Waals surface area (Å²) in [4.78, 5) is 18.8. The number of fused-ring (bicyclic) bond motifs is 1. The van der Waals surface area contributed by atoms with E-state index in [1.807, 2.05) is 13.0 Å². The van der Waals surface area contributed by atoms with Crippen LogP contribution >= 0.6 is 0 Å². The molecule has 8 heteroatoms. The highest BCUT2D eigenvalue weighted by Gasteiger charge is 2.16. The Balaban J connectivity index is 2.15. The number of amides is 2. The van der Waals surface area contributed by atoms with Crippen molar-refractivity contribution in [2.45, 2.75) is 6.92 Å². The van der Waals surface area contributed by atoms with Crippen molar-refractivity contribution >= 4 is 22.8 Å². The highest BCUT2D eigenvalue weighted by atomic mass is 19.1. The third-order valence-corrected chi connectivity index (χ3v) is 2.97. The second kappa shape index (κ2) is 4.82. The molecule has 3 heterocycles. The number of pyridine rings is 2. The van der Waals surface area contributed by atoms with Gasteiger partial charge < -0.3 is 5.73 Å². The first kappa shape index (κ1) is 13.0. The van der Waals surface area contributed by atoms with E-state index < -0.39 is 11.8 Å². The number of nitrogens with two attached hydrogens (primary N) is 1. The normalized spacial score (nSPS) is 10.8. The third kappa shape index (κ3) is 2.27. The van der Waals surface area contributed by atoms with Crippen molar-refractivity contribution < 1.29 is 9.18 Å². The number of primary amides is 1. The number of nitrogens with zero attached hydrogens (tertiary/aromatic N) is 3. The van der Waals surface area contributed by atoms with Gasteiger partial charge in [0, 0.05) is 29.0 Å². The minimum Gasteiger partial charge on any atom is -0.351 e. The smallest absolute Gasteiger partial charge is 0.317 e. The van der Waals surface area contributed by atoms with Crippen LogP contribution in [0.15, 0.2) is 24.5 Å². The molecule has 21 heavy (non-hydrogen) atoms.